The molecule has 1 saturated carbocycles. The topological polar surface area (TPSA) is 62.2 Å². The van der Waals surface area contributed by atoms with Crippen molar-refractivity contribution in [3.05, 3.63) is 23.5 Å². The minimum Gasteiger partial charge on any atom is -0.392 e. The Morgan fingerprint density at radius 2 is 2.25 bits per heavy atom. The van der Waals surface area contributed by atoms with E-state index >= 15 is 0 Å². The Morgan fingerprint density at radius 1 is 1.44 bits per heavy atom. The Bertz CT molecular complexity index is 445. The molecule has 0 radical (unpaired) electrons. The van der Waals surface area contributed by atoms with Gasteiger partial charge in [0.1, 0.15) is 0 Å². The number of aliphatic hydroxyl groups excluding tert-OH is 1. The number of aliphatic hydroxyl groups is 1. The molecule has 2 aliphatic rings. The van der Waals surface area contributed by atoms with Gasteiger partial charge >= 0.3 is 0 Å². The first kappa shape index (κ1) is 9.78. The van der Waals surface area contributed by atoms with Gasteiger partial charge in [-0.05, 0) is 24.5 Å². The lowest BCUT2D eigenvalue weighted by Gasteiger charge is -2.27. The molecule has 1 aromatic heterocycles. The number of hydrogen-bond donors (Lipinski definition) is 2. The van der Waals surface area contributed by atoms with Gasteiger partial charge in [0.15, 0.2) is 0 Å². The average Bonchev–Trinajstić information content (AvgIpc) is 2.78. The molecular formula is C12H14N2O2. The van der Waals surface area contributed by atoms with Crippen molar-refractivity contribution in [1.29, 1.82) is 0 Å². The average molecular weight is 218 g/mol. The second kappa shape index (κ2) is 3.56. The molecule has 0 spiro atoms. The lowest BCUT2D eigenvalue weighted by atomic mass is 9.87. The highest BCUT2D eigenvalue weighted by molar-refractivity contribution is 5.96. The van der Waals surface area contributed by atoms with E-state index < -0.39 is 0 Å². The van der Waals surface area contributed by atoms with Gasteiger partial charge in [-0.15, -0.1) is 0 Å². The quantitative estimate of drug-likeness (QED) is 0.749. The monoisotopic (exact) mass is 218 g/mol. The highest BCUT2D eigenvalue weighted by Crippen LogP contribution is 2.45. The number of anilines is 1. The number of nitrogens with zero attached hydrogens (tertiary/aromatic N) is 1. The molecule has 2 heterocycles. The summed E-state index contributed by atoms with van der Waals surface area (Å²) in [5.41, 5.74) is 2.54. The van der Waals surface area contributed by atoms with Gasteiger partial charge in [-0.1, -0.05) is 6.42 Å². The summed E-state index contributed by atoms with van der Waals surface area (Å²) in [6, 6.07) is 1.83. The molecule has 2 atom stereocenters. The van der Waals surface area contributed by atoms with Gasteiger partial charge in [-0.3, -0.25) is 9.78 Å². The number of carbonyl (C=O) groups excluding carboxylic acids is 1. The van der Waals surface area contributed by atoms with Crippen molar-refractivity contribution >= 4 is 11.6 Å². The molecule has 1 amide bonds. The van der Waals surface area contributed by atoms with Crippen molar-refractivity contribution in [2.24, 2.45) is 5.92 Å². The van der Waals surface area contributed by atoms with E-state index in [9.17, 15) is 4.79 Å². The van der Waals surface area contributed by atoms with Gasteiger partial charge in [0.2, 0.25) is 5.91 Å². The standard InChI is InChI=1S/C12H14N2O2/c15-6-7-4-10-11(13-5-7)8-2-1-3-9(8)12(16)14-10/h4-5,8-9,15H,1-3,6H2,(H,14,16). The highest BCUT2D eigenvalue weighted by atomic mass is 16.3. The number of nitrogens with one attached hydrogen (secondary N) is 1. The van der Waals surface area contributed by atoms with Crippen molar-refractivity contribution in [3.8, 4) is 0 Å². The summed E-state index contributed by atoms with van der Waals surface area (Å²) in [7, 11) is 0. The lowest BCUT2D eigenvalue weighted by molar-refractivity contribution is -0.120. The second-order valence-electron chi connectivity index (χ2n) is 4.57. The number of hydrogen-bond acceptors (Lipinski definition) is 3. The molecule has 16 heavy (non-hydrogen) atoms. The molecule has 2 unspecified atom stereocenters. The van der Waals surface area contributed by atoms with Crippen LogP contribution in [0.15, 0.2) is 12.3 Å². The predicted octanol–water partition coefficient (Wildman–Crippen LogP) is 1.41. The SMILES string of the molecule is O=C1Nc2cc(CO)cnc2C2CCCC12. The van der Waals surface area contributed by atoms with Crippen molar-refractivity contribution in [2.75, 3.05) is 5.32 Å². The van der Waals surface area contributed by atoms with Gasteiger partial charge in [-0.25, -0.2) is 0 Å². The maximum atomic E-state index is 11.8. The largest absolute Gasteiger partial charge is 0.392 e. The molecule has 1 aliphatic heterocycles. The minimum absolute atomic E-state index is 0.0375. The van der Waals surface area contributed by atoms with E-state index in [1.807, 2.05) is 6.07 Å². The maximum absolute atomic E-state index is 11.8. The minimum atomic E-state index is -0.0375. The third-order valence-electron chi connectivity index (χ3n) is 3.62. The van der Waals surface area contributed by atoms with Crippen molar-refractivity contribution in [1.82, 2.24) is 4.98 Å². The normalized spacial score (nSPS) is 27.2. The fourth-order valence-electron chi connectivity index (χ4n) is 2.83. The first-order valence-electron chi connectivity index (χ1n) is 5.70. The molecular weight excluding hydrogens is 204 g/mol. The highest BCUT2D eigenvalue weighted by Gasteiger charge is 2.39. The summed E-state index contributed by atoms with van der Waals surface area (Å²) >= 11 is 0. The Morgan fingerprint density at radius 3 is 3.06 bits per heavy atom. The molecule has 4 nitrogen and oxygen atoms in total. The molecule has 1 aliphatic carbocycles. The molecule has 1 aromatic rings. The summed E-state index contributed by atoms with van der Waals surface area (Å²) in [6.45, 7) is -0.0375. The van der Waals surface area contributed by atoms with Crippen molar-refractivity contribution in [3.63, 3.8) is 0 Å². The second-order valence-corrected chi connectivity index (χ2v) is 4.57. The molecule has 84 valence electrons. The molecule has 0 bridgehead atoms. The van der Waals surface area contributed by atoms with Crippen LogP contribution in [0.1, 0.15) is 36.4 Å². The van der Waals surface area contributed by atoms with Crippen molar-refractivity contribution in [2.45, 2.75) is 31.8 Å². The molecule has 0 saturated heterocycles. The fourth-order valence-corrected chi connectivity index (χ4v) is 2.83. The van der Waals surface area contributed by atoms with Crippen LogP contribution in [0.25, 0.3) is 0 Å². The van der Waals surface area contributed by atoms with Crippen LogP contribution >= 0.6 is 0 Å². The third kappa shape index (κ3) is 1.33. The van der Waals surface area contributed by atoms with Gasteiger partial charge < -0.3 is 10.4 Å². The Hall–Kier alpha value is -1.42. The van der Waals surface area contributed by atoms with Crippen LogP contribution in [0.5, 0.6) is 0 Å². The Balaban J connectivity index is 2.06. The van der Waals surface area contributed by atoms with E-state index in [-0.39, 0.29) is 24.3 Å². The maximum Gasteiger partial charge on any atom is 0.228 e. The molecule has 0 aromatic carbocycles. The Labute approximate surface area is 93.7 Å². The van der Waals surface area contributed by atoms with E-state index in [4.69, 9.17) is 5.11 Å². The van der Waals surface area contributed by atoms with Gasteiger partial charge in [0, 0.05) is 18.0 Å². The van der Waals surface area contributed by atoms with Gasteiger partial charge in [0.25, 0.3) is 0 Å². The first-order valence-corrected chi connectivity index (χ1v) is 5.70. The number of rotatable bonds is 1. The zero-order valence-electron chi connectivity index (χ0n) is 8.94. The summed E-state index contributed by atoms with van der Waals surface area (Å²) < 4.78 is 0. The van der Waals surface area contributed by atoms with Crippen LogP contribution < -0.4 is 5.32 Å². The van der Waals surface area contributed by atoms with E-state index in [1.54, 1.807) is 6.20 Å². The van der Waals surface area contributed by atoms with E-state index in [0.29, 0.717) is 0 Å². The first-order chi connectivity index (χ1) is 7.79. The van der Waals surface area contributed by atoms with Crippen LogP contribution in [0, 0.1) is 5.92 Å². The molecule has 3 rings (SSSR count). The number of fused-ring (bicyclic) bond motifs is 3. The smallest absolute Gasteiger partial charge is 0.228 e. The van der Waals surface area contributed by atoms with Crippen molar-refractivity contribution < 1.29 is 9.90 Å². The molecule has 4 heteroatoms. The van der Waals surface area contributed by atoms with Crippen LogP contribution in [0.3, 0.4) is 0 Å². The van der Waals surface area contributed by atoms with E-state index in [0.717, 1.165) is 36.2 Å². The lowest BCUT2D eigenvalue weighted by Crippen LogP contribution is -2.31. The van der Waals surface area contributed by atoms with Crippen LogP contribution in [0.4, 0.5) is 5.69 Å². The van der Waals surface area contributed by atoms with E-state index in [2.05, 4.69) is 10.3 Å². The molecule has 2 N–H and O–H groups in total. The zero-order valence-corrected chi connectivity index (χ0v) is 8.94. The predicted molar refractivity (Wildman–Crippen MR) is 58.9 cm³/mol. The Kier molecular flexibility index (Phi) is 2.17. The van der Waals surface area contributed by atoms with E-state index in [1.165, 1.54) is 0 Å². The fraction of sp³-hybridized carbons (Fsp3) is 0.500. The van der Waals surface area contributed by atoms with Crippen LogP contribution in [-0.2, 0) is 11.4 Å². The van der Waals surface area contributed by atoms with Crippen LogP contribution in [0.2, 0.25) is 0 Å². The summed E-state index contributed by atoms with van der Waals surface area (Å²) in [5.74, 6) is 0.517. The number of carbonyl (C=O) groups is 1. The molecule has 1 fully saturated rings. The number of aromatic nitrogens is 1. The number of pyridine rings is 1. The summed E-state index contributed by atoms with van der Waals surface area (Å²) in [4.78, 5) is 16.2. The zero-order chi connectivity index (χ0) is 11.1. The summed E-state index contributed by atoms with van der Waals surface area (Å²) in [6.07, 6.45) is 4.83. The van der Waals surface area contributed by atoms with Gasteiger partial charge in [-0.2, -0.15) is 0 Å². The number of amides is 1. The third-order valence-corrected chi connectivity index (χ3v) is 3.62. The van der Waals surface area contributed by atoms with Crippen LogP contribution in [-0.4, -0.2) is 16.0 Å². The van der Waals surface area contributed by atoms with Gasteiger partial charge in [0.05, 0.1) is 18.0 Å². The summed E-state index contributed by atoms with van der Waals surface area (Å²) in [5, 5.41) is 11.9.